The fraction of sp³-hybridized carbons (Fsp3) is 0.333. The molecule has 3 N–H and O–H groups in total. The quantitative estimate of drug-likeness (QED) is 0.794. The average Bonchev–Trinajstić information content (AvgIpc) is 2.78. The number of halogens is 1. The summed E-state index contributed by atoms with van der Waals surface area (Å²) in [6, 6.07) is 4.76. The standard InChI is InChI=1S/C15H16ClN3O3/c1-7(2)19-14-13(15(22)18-19)9(6-12(21)17-14)8-3-4-11(20)10(16)5-8/h3-5,7,9,20H,6H2,1-2H3,(H,17,21)(H,18,22)/t9-/m0/s1. The van der Waals surface area contributed by atoms with E-state index in [2.05, 4.69) is 10.4 Å². The van der Waals surface area contributed by atoms with E-state index in [1.807, 2.05) is 13.8 Å². The molecule has 0 spiro atoms. The Hall–Kier alpha value is -2.21. The summed E-state index contributed by atoms with van der Waals surface area (Å²) in [6.07, 6.45) is 0.166. The Morgan fingerprint density at radius 1 is 1.36 bits per heavy atom. The van der Waals surface area contributed by atoms with Gasteiger partial charge in [0.2, 0.25) is 5.91 Å². The Kier molecular flexibility index (Phi) is 3.48. The van der Waals surface area contributed by atoms with Gasteiger partial charge in [-0.25, -0.2) is 0 Å². The van der Waals surface area contributed by atoms with E-state index in [9.17, 15) is 14.7 Å². The van der Waals surface area contributed by atoms with Gasteiger partial charge in [0.1, 0.15) is 11.6 Å². The van der Waals surface area contributed by atoms with Crippen LogP contribution in [-0.4, -0.2) is 20.8 Å². The molecule has 0 fully saturated rings. The summed E-state index contributed by atoms with van der Waals surface area (Å²) >= 11 is 5.95. The highest BCUT2D eigenvalue weighted by Gasteiger charge is 2.33. The topological polar surface area (TPSA) is 87.1 Å². The highest BCUT2D eigenvalue weighted by Crippen LogP contribution is 2.38. The van der Waals surface area contributed by atoms with Crippen molar-refractivity contribution >= 4 is 23.3 Å². The van der Waals surface area contributed by atoms with Gasteiger partial charge < -0.3 is 10.4 Å². The summed E-state index contributed by atoms with van der Waals surface area (Å²) in [4.78, 5) is 24.3. The average molecular weight is 322 g/mol. The Morgan fingerprint density at radius 2 is 2.09 bits per heavy atom. The molecule has 0 saturated heterocycles. The van der Waals surface area contributed by atoms with Crippen LogP contribution < -0.4 is 10.9 Å². The molecule has 1 amide bonds. The highest BCUT2D eigenvalue weighted by atomic mass is 35.5. The molecule has 2 aromatic rings. The minimum absolute atomic E-state index is 0.0129. The molecule has 116 valence electrons. The maximum Gasteiger partial charge on any atom is 0.270 e. The van der Waals surface area contributed by atoms with Crippen molar-refractivity contribution in [2.24, 2.45) is 0 Å². The number of anilines is 1. The zero-order valence-electron chi connectivity index (χ0n) is 12.2. The second-order valence-electron chi connectivity index (χ2n) is 5.68. The Bertz CT molecular complexity index is 807. The lowest BCUT2D eigenvalue weighted by Crippen LogP contribution is -2.27. The Labute approximate surface area is 131 Å². The third-order valence-corrected chi connectivity index (χ3v) is 4.15. The SMILES string of the molecule is CC(C)n1[nH]c(=O)c2c1NC(=O)C[C@H]2c1ccc(O)c(Cl)c1. The van der Waals surface area contributed by atoms with Crippen molar-refractivity contribution in [2.45, 2.75) is 32.2 Å². The molecule has 22 heavy (non-hydrogen) atoms. The number of aromatic hydroxyl groups is 1. The van der Waals surface area contributed by atoms with Crippen LogP contribution in [0.25, 0.3) is 0 Å². The molecule has 0 unspecified atom stereocenters. The fourth-order valence-corrected chi connectivity index (χ4v) is 2.98. The maximum atomic E-state index is 12.3. The number of H-pyrrole nitrogens is 1. The van der Waals surface area contributed by atoms with Crippen molar-refractivity contribution in [3.05, 3.63) is 44.7 Å². The number of phenolic OH excluding ortho intramolecular Hbond substituents is 1. The first-order valence-electron chi connectivity index (χ1n) is 7.01. The highest BCUT2D eigenvalue weighted by molar-refractivity contribution is 6.32. The second-order valence-corrected chi connectivity index (χ2v) is 6.09. The normalized spacial score (nSPS) is 17.5. The molecule has 0 aliphatic carbocycles. The number of benzene rings is 1. The molecule has 1 aliphatic heterocycles. The molecule has 7 heteroatoms. The van der Waals surface area contributed by atoms with E-state index in [4.69, 9.17) is 11.6 Å². The zero-order chi connectivity index (χ0) is 16.0. The Balaban J connectivity index is 2.18. The van der Waals surface area contributed by atoms with E-state index in [1.165, 1.54) is 6.07 Å². The molecule has 6 nitrogen and oxygen atoms in total. The number of aromatic nitrogens is 2. The number of rotatable bonds is 2. The number of fused-ring (bicyclic) bond motifs is 1. The largest absolute Gasteiger partial charge is 0.506 e. The van der Waals surface area contributed by atoms with Crippen LogP contribution in [0.4, 0.5) is 5.82 Å². The van der Waals surface area contributed by atoms with Crippen LogP contribution in [-0.2, 0) is 4.79 Å². The lowest BCUT2D eigenvalue weighted by atomic mass is 9.87. The molecule has 1 aromatic heterocycles. The number of carbonyl (C=O) groups is 1. The first-order chi connectivity index (χ1) is 10.4. The van der Waals surface area contributed by atoms with Gasteiger partial charge in [0.05, 0.1) is 10.6 Å². The van der Waals surface area contributed by atoms with E-state index in [0.29, 0.717) is 11.4 Å². The molecule has 0 radical (unpaired) electrons. The third-order valence-electron chi connectivity index (χ3n) is 3.85. The zero-order valence-corrected chi connectivity index (χ0v) is 12.9. The number of nitrogens with one attached hydrogen (secondary N) is 2. The van der Waals surface area contributed by atoms with Crippen LogP contribution in [0, 0.1) is 0 Å². The monoisotopic (exact) mass is 321 g/mol. The third kappa shape index (κ3) is 2.29. The maximum absolute atomic E-state index is 12.3. The molecular weight excluding hydrogens is 306 g/mol. The predicted octanol–water partition coefficient (Wildman–Crippen LogP) is 2.59. The number of amides is 1. The smallest absolute Gasteiger partial charge is 0.270 e. The lowest BCUT2D eigenvalue weighted by Gasteiger charge is -2.24. The molecule has 3 rings (SSSR count). The second kappa shape index (κ2) is 5.21. The van der Waals surface area contributed by atoms with Crippen LogP contribution in [0.15, 0.2) is 23.0 Å². The van der Waals surface area contributed by atoms with E-state index >= 15 is 0 Å². The molecule has 1 atom stereocenters. The minimum atomic E-state index is -0.384. The van der Waals surface area contributed by atoms with Gasteiger partial charge in [-0.2, -0.15) is 0 Å². The first-order valence-corrected chi connectivity index (χ1v) is 7.39. The van der Waals surface area contributed by atoms with Crippen molar-refractivity contribution in [3.8, 4) is 5.75 Å². The van der Waals surface area contributed by atoms with Gasteiger partial charge >= 0.3 is 0 Å². The van der Waals surface area contributed by atoms with Crippen LogP contribution in [0.1, 0.15) is 43.4 Å². The summed E-state index contributed by atoms with van der Waals surface area (Å²) < 4.78 is 1.66. The van der Waals surface area contributed by atoms with E-state index in [0.717, 1.165) is 5.56 Å². The van der Waals surface area contributed by atoms with Gasteiger partial charge in [-0.1, -0.05) is 17.7 Å². The van der Waals surface area contributed by atoms with Gasteiger partial charge in [0.25, 0.3) is 5.56 Å². The number of hydrogen-bond donors (Lipinski definition) is 3. The summed E-state index contributed by atoms with van der Waals surface area (Å²) in [6.45, 7) is 3.84. The van der Waals surface area contributed by atoms with E-state index < -0.39 is 0 Å². The number of hydrogen-bond acceptors (Lipinski definition) is 3. The van der Waals surface area contributed by atoms with E-state index in [-0.39, 0.29) is 40.6 Å². The Morgan fingerprint density at radius 3 is 2.73 bits per heavy atom. The number of carbonyl (C=O) groups excluding carboxylic acids is 1. The van der Waals surface area contributed by atoms with Gasteiger partial charge in [-0.05, 0) is 31.5 Å². The van der Waals surface area contributed by atoms with Crippen molar-refractivity contribution in [1.29, 1.82) is 0 Å². The summed E-state index contributed by atoms with van der Waals surface area (Å²) in [5.74, 6) is -0.0642. The van der Waals surface area contributed by atoms with Gasteiger partial charge in [0, 0.05) is 18.4 Å². The van der Waals surface area contributed by atoms with Gasteiger partial charge in [-0.3, -0.25) is 19.4 Å². The van der Waals surface area contributed by atoms with Crippen LogP contribution in [0.5, 0.6) is 5.75 Å². The summed E-state index contributed by atoms with van der Waals surface area (Å²) in [7, 11) is 0. The van der Waals surface area contributed by atoms with Crippen LogP contribution in [0.2, 0.25) is 5.02 Å². The summed E-state index contributed by atoms with van der Waals surface area (Å²) in [5, 5.41) is 15.3. The molecule has 0 bridgehead atoms. The lowest BCUT2D eigenvalue weighted by molar-refractivity contribution is -0.116. The van der Waals surface area contributed by atoms with Gasteiger partial charge in [0.15, 0.2) is 0 Å². The van der Waals surface area contributed by atoms with Crippen LogP contribution >= 0.6 is 11.6 Å². The van der Waals surface area contributed by atoms with E-state index in [1.54, 1.807) is 16.8 Å². The van der Waals surface area contributed by atoms with Crippen molar-refractivity contribution in [3.63, 3.8) is 0 Å². The molecule has 1 aromatic carbocycles. The number of phenols is 1. The van der Waals surface area contributed by atoms with Crippen LogP contribution in [0.3, 0.4) is 0 Å². The molecule has 2 heterocycles. The van der Waals surface area contributed by atoms with Crippen molar-refractivity contribution in [2.75, 3.05) is 5.32 Å². The number of nitrogens with zero attached hydrogens (tertiary/aromatic N) is 1. The number of aromatic amines is 1. The fourth-order valence-electron chi connectivity index (χ4n) is 2.80. The van der Waals surface area contributed by atoms with Gasteiger partial charge in [-0.15, -0.1) is 0 Å². The van der Waals surface area contributed by atoms with Crippen molar-refractivity contribution in [1.82, 2.24) is 9.78 Å². The molecule has 1 aliphatic rings. The molecule has 0 saturated carbocycles. The predicted molar refractivity (Wildman–Crippen MR) is 83.6 cm³/mol. The van der Waals surface area contributed by atoms with Crippen molar-refractivity contribution < 1.29 is 9.90 Å². The summed E-state index contributed by atoms with van der Waals surface area (Å²) in [5.41, 5.74) is 1.03. The minimum Gasteiger partial charge on any atom is -0.506 e. The molecular formula is C15H16ClN3O3. The first kappa shape index (κ1) is 14.7.